The quantitative estimate of drug-likeness (QED) is 0.503. The number of ether oxygens (including phenoxy) is 1. The first kappa shape index (κ1) is 13.3. The molecule has 0 aromatic heterocycles. The second-order valence-electron chi connectivity index (χ2n) is 3.07. The Bertz CT molecular complexity index is 440. The number of rotatable bonds is 4. The van der Waals surface area contributed by atoms with Gasteiger partial charge in [-0.15, -0.1) is 0 Å². The number of carbonyl (C=O) groups excluding carboxylic acids is 1. The van der Waals surface area contributed by atoms with E-state index in [0.717, 1.165) is 11.8 Å². The van der Waals surface area contributed by atoms with Crippen LogP contribution in [0, 0.1) is 16.7 Å². The number of thioether (sulfide) groups is 1. The zero-order chi connectivity index (χ0) is 12.7. The summed E-state index contributed by atoms with van der Waals surface area (Å²) in [5.74, 6) is -0.597. The highest BCUT2D eigenvalue weighted by molar-refractivity contribution is 8.15. The summed E-state index contributed by atoms with van der Waals surface area (Å²) < 4.78 is 4.75. The van der Waals surface area contributed by atoms with E-state index in [1.807, 2.05) is 12.1 Å². The standard InChI is InChI=1S/C12H12N2O2S/c1-2-16-12(15)10(8-13)17-11(14)9-6-4-3-5-7-9/h3-7,10,14H,2H2,1H3. The molecule has 0 heterocycles. The van der Waals surface area contributed by atoms with Crippen LogP contribution in [0.3, 0.4) is 0 Å². The van der Waals surface area contributed by atoms with Gasteiger partial charge in [-0.05, 0) is 6.92 Å². The molecule has 88 valence electrons. The lowest BCUT2D eigenvalue weighted by Gasteiger charge is -2.08. The lowest BCUT2D eigenvalue weighted by Crippen LogP contribution is -2.20. The Morgan fingerprint density at radius 3 is 2.71 bits per heavy atom. The van der Waals surface area contributed by atoms with E-state index < -0.39 is 11.2 Å². The summed E-state index contributed by atoms with van der Waals surface area (Å²) in [4.78, 5) is 11.4. The van der Waals surface area contributed by atoms with Gasteiger partial charge in [0.2, 0.25) is 0 Å². The molecule has 5 heteroatoms. The van der Waals surface area contributed by atoms with Crippen molar-refractivity contribution in [3.63, 3.8) is 0 Å². The van der Waals surface area contributed by atoms with E-state index >= 15 is 0 Å². The van der Waals surface area contributed by atoms with Gasteiger partial charge in [0.15, 0.2) is 5.25 Å². The first-order valence-corrected chi connectivity index (χ1v) is 5.94. The SMILES string of the molecule is CCOC(=O)C(C#N)SC(=N)c1ccccc1. The predicted octanol–water partition coefficient (Wildman–Crippen LogP) is 2.20. The lowest BCUT2D eigenvalue weighted by atomic mass is 10.2. The number of esters is 1. The van der Waals surface area contributed by atoms with E-state index in [1.54, 1.807) is 31.2 Å². The van der Waals surface area contributed by atoms with Crippen molar-refractivity contribution in [2.75, 3.05) is 6.61 Å². The predicted molar refractivity (Wildman–Crippen MR) is 66.9 cm³/mol. The van der Waals surface area contributed by atoms with Crippen molar-refractivity contribution in [2.45, 2.75) is 12.2 Å². The Labute approximate surface area is 104 Å². The molecule has 0 aliphatic carbocycles. The molecule has 1 atom stereocenters. The van der Waals surface area contributed by atoms with Gasteiger partial charge in [0, 0.05) is 5.56 Å². The summed E-state index contributed by atoms with van der Waals surface area (Å²) in [5.41, 5.74) is 0.682. The highest BCUT2D eigenvalue weighted by Gasteiger charge is 2.22. The normalized spacial score (nSPS) is 11.3. The third-order valence-corrected chi connectivity index (χ3v) is 2.89. The number of nitrogens with one attached hydrogen (secondary N) is 1. The van der Waals surface area contributed by atoms with E-state index in [-0.39, 0.29) is 11.7 Å². The Hall–Kier alpha value is -1.80. The van der Waals surface area contributed by atoms with Crippen LogP contribution < -0.4 is 0 Å². The lowest BCUT2D eigenvalue weighted by molar-refractivity contribution is -0.141. The molecule has 1 unspecified atom stereocenters. The molecule has 0 amide bonds. The minimum absolute atomic E-state index is 0.185. The van der Waals surface area contributed by atoms with Crippen LogP contribution in [0.4, 0.5) is 0 Å². The van der Waals surface area contributed by atoms with Gasteiger partial charge in [0.25, 0.3) is 0 Å². The topological polar surface area (TPSA) is 73.9 Å². The maximum atomic E-state index is 11.4. The van der Waals surface area contributed by atoms with E-state index in [9.17, 15) is 4.79 Å². The number of hydrogen-bond donors (Lipinski definition) is 1. The van der Waals surface area contributed by atoms with Crippen LogP contribution in [0.1, 0.15) is 12.5 Å². The van der Waals surface area contributed by atoms with E-state index in [1.165, 1.54) is 0 Å². The number of benzene rings is 1. The largest absolute Gasteiger partial charge is 0.464 e. The second-order valence-corrected chi connectivity index (χ2v) is 4.19. The fraction of sp³-hybridized carbons (Fsp3) is 0.250. The average Bonchev–Trinajstić information content (AvgIpc) is 2.37. The summed E-state index contributed by atoms with van der Waals surface area (Å²) in [6.45, 7) is 1.91. The van der Waals surface area contributed by atoms with E-state index in [2.05, 4.69) is 0 Å². The molecule has 0 radical (unpaired) electrons. The van der Waals surface area contributed by atoms with Gasteiger partial charge in [-0.2, -0.15) is 5.26 Å². The smallest absolute Gasteiger partial charge is 0.334 e. The summed E-state index contributed by atoms with van der Waals surface area (Å²) >= 11 is 0.894. The van der Waals surface area contributed by atoms with Crippen LogP contribution in [-0.2, 0) is 9.53 Å². The molecule has 4 nitrogen and oxygen atoms in total. The van der Waals surface area contributed by atoms with Crippen molar-refractivity contribution in [2.24, 2.45) is 0 Å². The molecule has 1 rings (SSSR count). The van der Waals surface area contributed by atoms with Crippen LogP contribution in [-0.4, -0.2) is 22.9 Å². The van der Waals surface area contributed by atoms with Gasteiger partial charge in [0.05, 0.1) is 17.7 Å². The van der Waals surface area contributed by atoms with Crippen molar-refractivity contribution < 1.29 is 9.53 Å². The van der Waals surface area contributed by atoms with Crippen molar-refractivity contribution in [1.82, 2.24) is 0 Å². The zero-order valence-corrected chi connectivity index (χ0v) is 10.2. The van der Waals surface area contributed by atoms with Crippen molar-refractivity contribution in [3.05, 3.63) is 35.9 Å². The number of hydrogen-bond acceptors (Lipinski definition) is 5. The van der Waals surface area contributed by atoms with Gasteiger partial charge in [-0.25, -0.2) is 4.79 Å². The molecule has 0 fully saturated rings. The van der Waals surface area contributed by atoms with Gasteiger partial charge in [0.1, 0.15) is 0 Å². The molecule has 0 saturated carbocycles. The van der Waals surface area contributed by atoms with Gasteiger partial charge in [-0.3, -0.25) is 5.41 Å². The number of nitriles is 1. The third-order valence-electron chi connectivity index (χ3n) is 1.89. The molecular formula is C12H12N2O2S. The highest BCUT2D eigenvalue weighted by Crippen LogP contribution is 2.18. The van der Waals surface area contributed by atoms with Crippen molar-refractivity contribution >= 4 is 22.8 Å². The van der Waals surface area contributed by atoms with Gasteiger partial charge >= 0.3 is 5.97 Å². The van der Waals surface area contributed by atoms with Crippen molar-refractivity contribution in [3.8, 4) is 6.07 Å². The Balaban J connectivity index is 2.67. The van der Waals surface area contributed by atoms with Crippen LogP contribution in [0.5, 0.6) is 0 Å². The first-order chi connectivity index (χ1) is 8.19. The first-order valence-electron chi connectivity index (χ1n) is 5.06. The Morgan fingerprint density at radius 2 is 2.18 bits per heavy atom. The minimum Gasteiger partial charge on any atom is -0.464 e. The van der Waals surface area contributed by atoms with Gasteiger partial charge in [-0.1, -0.05) is 42.1 Å². The molecule has 1 aromatic rings. The van der Waals surface area contributed by atoms with Crippen LogP contribution in [0.15, 0.2) is 30.3 Å². The second kappa shape index (κ2) is 6.71. The molecular weight excluding hydrogens is 236 g/mol. The molecule has 0 aliphatic rings. The van der Waals surface area contributed by atoms with Crippen LogP contribution in [0.2, 0.25) is 0 Å². The fourth-order valence-electron chi connectivity index (χ4n) is 1.12. The molecule has 17 heavy (non-hydrogen) atoms. The molecule has 1 N–H and O–H groups in total. The van der Waals surface area contributed by atoms with E-state index in [4.69, 9.17) is 15.4 Å². The third kappa shape index (κ3) is 3.93. The maximum Gasteiger partial charge on any atom is 0.334 e. The van der Waals surface area contributed by atoms with Crippen molar-refractivity contribution in [1.29, 1.82) is 10.7 Å². The highest BCUT2D eigenvalue weighted by atomic mass is 32.2. The number of carbonyl (C=O) groups is 1. The van der Waals surface area contributed by atoms with Gasteiger partial charge < -0.3 is 4.74 Å². The molecule has 0 aliphatic heterocycles. The summed E-state index contributed by atoms with van der Waals surface area (Å²) in [7, 11) is 0. The zero-order valence-electron chi connectivity index (χ0n) is 9.34. The average molecular weight is 248 g/mol. The van der Waals surface area contributed by atoms with Crippen LogP contribution in [0.25, 0.3) is 0 Å². The molecule has 0 spiro atoms. The maximum absolute atomic E-state index is 11.4. The number of nitrogens with zero attached hydrogens (tertiary/aromatic N) is 1. The fourth-order valence-corrected chi connectivity index (χ4v) is 1.85. The molecule has 0 bridgehead atoms. The Morgan fingerprint density at radius 1 is 1.53 bits per heavy atom. The van der Waals surface area contributed by atoms with E-state index in [0.29, 0.717) is 5.56 Å². The summed E-state index contributed by atoms with van der Waals surface area (Å²) in [5, 5.41) is 15.8. The molecule has 1 aromatic carbocycles. The molecule has 0 saturated heterocycles. The minimum atomic E-state index is -0.984. The van der Waals surface area contributed by atoms with Crippen LogP contribution >= 0.6 is 11.8 Å². The summed E-state index contributed by atoms with van der Waals surface area (Å²) in [6.07, 6.45) is 0. The Kier molecular flexibility index (Phi) is 5.24. The monoisotopic (exact) mass is 248 g/mol. The summed E-state index contributed by atoms with van der Waals surface area (Å²) in [6, 6.07) is 10.8.